The highest BCUT2D eigenvalue weighted by atomic mass is 16.4. The zero-order valence-electron chi connectivity index (χ0n) is 43.5. The van der Waals surface area contributed by atoms with Crippen LogP contribution in [0.1, 0.15) is 132 Å². The Labute approximate surface area is 409 Å². The van der Waals surface area contributed by atoms with Gasteiger partial charge >= 0.3 is 6.85 Å². The number of hydrogen-bond donors (Lipinski definition) is 0. The van der Waals surface area contributed by atoms with Gasteiger partial charge in [-0.25, -0.2) is 0 Å². The highest BCUT2D eigenvalue weighted by Crippen LogP contribution is 2.53. The van der Waals surface area contributed by atoms with Crippen molar-refractivity contribution < 1.29 is 4.42 Å². The summed E-state index contributed by atoms with van der Waals surface area (Å²) >= 11 is 0. The molecule has 0 atom stereocenters. The Morgan fingerprint density at radius 3 is 1.68 bits per heavy atom. The third-order valence-corrected chi connectivity index (χ3v) is 15.6. The molecule has 346 valence electrons. The smallest absolute Gasteiger partial charge is 0.337 e. The summed E-state index contributed by atoms with van der Waals surface area (Å²) in [6, 6.07) is 49.2. The van der Waals surface area contributed by atoms with Crippen molar-refractivity contribution in [2.75, 3.05) is 4.90 Å². The Morgan fingerprint density at radius 2 is 1.03 bits per heavy atom. The second kappa shape index (κ2) is 14.1. The molecule has 7 aromatic carbocycles. The first kappa shape index (κ1) is 43.8. The summed E-state index contributed by atoms with van der Waals surface area (Å²) in [7, 11) is 0. The SMILES string of the molecule is CC(C)(C)c1ccc(N2c3cc(C(C)(C)C)cc4c3B(c3c2oc2c(C(C)(C)C)cc(C(C)(C)C)cc32)n2c3ccc(C(C)(C)C)cc3c3c5c6ccccc6n(-c6ccccc6)c5cc-4c32)cc1. The van der Waals surface area contributed by atoms with Gasteiger partial charge in [-0.1, -0.05) is 171 Å². The van der Waals surface area contributed by atoms with Crippen LogP contribution < -0.4 is 15.8 Å². The quantitative estimate of drug-likeness (QED) is 0.162. The van der Waals surface area contributed by atoms with E-state index in [0.29, 0.717) is 0 Å². The van der Waals surface area contributed by atoms with Gasteiger partial charge in [0.2, 0.25) is 5.88 Å². The molecule has 0 bridgehead atoms. The molecule has 0 saturated carbocycles. The topological polar surface area (TPSA) is 26.2 Å². The van der Waals surface area contributed by atoms with Crippen molar-refractivity contribution in [3.8, 4) is 16.8 Å². The molecule has 0 saturated heterocycles. The van der Waals surface area contributed by atoms with Gasteiger partial charge in [-0.15, -0.1) is 0 Å². The predicted molar refractivity (Wildman–Crippen MR) is 298 cm³/mol. The van der Waals surface area contributed by atoms with Gasteiger partial charge in [0.15, 0.2) is 0 Å². The van der Waals surface area contributed by atoms with Crippen LogP contribution in [0, 0.1) is 0 Å². The number of anilines is 3. The van der Waals surface area contributed by atoms with Crippen LogP contribution in [0.3, 0.4) is 0 Å². The van der Waals surface area contributed by atoms with Crippen molar-refractivity contribution in [1.29, 1.82) is 0 Å². The first-order valence-electron chi connectivity index (χ1n) is 25.2. The Kier molecular flexibility index (Phi) is 8.94. The van der Waals surface area contributed by atoms with Crippen molar-refractivity contribution in [1.82, 2.24) is 9.05 Å². The normalized spacial score (nSPS) is 14.2. The predicted octanol–water partition coefficient (Wildman–Crippen LogP) is 16.5. The molecule has 3 aromatic heterocycles. The molecule has 0 fully saturated rings. The summed E-state index contributed by atoms with van der Waals surface area (Å²) in [4.78, 5) is 2.49. The number of aromatic nitrogens is 2. The second-order valence-corrected chi connectivity index (χ2v) is 25.5. The highest BCUT2D eigenvalue weighted by Gasteiger charge is 2.48. The third kappa shape index (κ3) is 6.34. The maximum Gasteiger partial charge on any atom is 0.337 e. The average Bonchev–Trinajstić information content (AvgIpc) is 3.94. The van der Waals surface area contributed by atoms with E-state index in [0.717, 1.165) is 22.8 Å². The van der Waals surface area contributed by atoms with Crippen LogP contribution in [0.15, 0.2) is 132 Å². The van der Waals surface area contributed by atoms with Crippen LogP contribution >= 0.6 is 0 Å². The number of rotatable bonds is 2. The van der Waals surface area contributed by atoms with Gasteiger partial charge in [-0.05, 0) is 121 Å². The van der Waals surface area contributed by atoms with Gasteiger partial charge in [-0.2, -0.15) is 0 Å². The van der Waals surface area contributed by atoms with E-state index < -0.39 is 0 Å². The van der Waals surface area contributed by atoms with Crippen molar-refractivity contribution in [3.05, 3.63) is 155 Å². The fourth-order valence-electron chi connectivity index (χ4n) is 11.8. The van der Waals surface area contributed by atoms with E-state index >= 15 is 0 Å². The lowest BCUT2D eigenvalue weighted by Gasteiger charge is -2.39. The van der Waals surface area contributed by atoms with E-state index in [4.69, 9.17) is 4.42 Å². The lowest BCUT2D eigenvalue weighted by molar-refractivity contribution is 0.552. The Morgan fingerprint density at radius 1 is 0.420 bits per heavy atom. The minimum Gasteiger partial charge on any atom is -0.440 e. The number of benzene rings is 7. The number of fused-ring (bicyclic) bond motifs is 13. The standard InChI is InChI=1S/C64H66BN3O/c1-60(2,3)37-25-28-42(29-26-37)67-52-35-40(63(10,11)12)32-44-45-36-51-53(43-23-19-20-24-49(43)66(51)41-21-17-16-18-22-41)54-46-31-38(61(4,5)6)27-30-50(46)68(57(45)54)65(55(44)52)56-47-33-39(62(7,8)9)34-48(64(13,14)15)58(47)69-59(56)67/h16-36H,1-15H3. The molecule has 0 amide bonds. The monoisotopic (exact) mass is 904 g/mol. The van der Waals surface area contributed by atoms with E-state index in [1.165, 1.54) is 105 Å². The lowest BCUT2D eigenvalue weighted by atomic mass is 9.45. The van der Waals surface area contributed by atoms with Gasteiger partial charge in [0.25, 0.3) is 0 Å². The number of nitrogens with zero attached hydrogens (tertiary/aromatic N) is 3. The molecule has 0 N–H and O–H groups in total. The fraction of sp³-hybridized carbons (Fsp3) is 0.312. The average molecular weight is 904 g/mol. The molecule has 5 heteroatoms. The molecule has 5 heterocycles. The van der Waals surface area contributed by atoms with Crippen molar-refractivity contribution in [3.63, 3.8) is 0 Å². The third-order valence-electron chi connectivity index (χ3n) is 15.6. The molecular weight excluding hydrogens is 838 g/mol. The fourth-order valence-corrected chi connectivity index (χ4v) is 11.8. The molecular formula is C64H66BN3O. The largest absolute Gasteiger partial charge is 0.440 e. The first-order valence-corrected chi connectivity index (χ1v) is 25.2. The molecule has 0 aliphatic carbocycles. The summed E-state index contributed by atoms with van der Waals surface area (Å²) in [5.74, 6) is 0.908. The van der Waals surface area contributed by atoms with E-state index in [9.17, 15) is 0 Å². The Bertz CT molecular complexity index is 3790. The maximum absolute atomic E-state index is 7.68. The molecule has 0 unspecified atom stereocenters. The molecule has 2 aliphatic rings. The van der Waals surface area contributed by atoms with E-state index in [-0.39, 0.29) is 33.9 Å². The molecule has 0 radical (unpaired) electrons. The number of para-hydroxylation sites is 2. The minimum absolute atomic E-state index is 0.0112. The zero-order chi connectivity index (χ0) is 48.6. The molecule has 4 nitrogen and oxygen atoms in total. The lowest BCUT2D eigenvalue weighted by Crippen LogP contribution is -2.56. The molecule has 2 aliphatic heterocycles. The van der Waals surface area contributed by atoms with E-state index in [2.05, 4.69) is 245 Å². The molecule has 0 spiro atoms. The number of furan rings is 1. The van der Waals surface area contributed by atoms with Gasteiger partial charge < -0.3 is 13.5 Å². The Hall–Kier alpha value is -6.46. The van der Waals surface area contributed by atoms with Crippen LogP contribution in [0.4, 0.5) is 17.3 Å². The van der Waals surface area contributed by atoms with Crippen molar-refractivity contribution in [2.45, 2.75) is 131 Å². The molecule has 10 aromatic rings. The first-order chi connectivity index (χ1) is 32.4. The van der Waals surface area contributed by atoms with Crippen LogP contribution in [0.2, 0.25) is 0 Å². The number of hydrogen-bond acceptors (Lipinski definition) is 2. The van der Waals surface area contributed by atoms with Crippen molar-refractivity contribution >= 4 is 89.6 Å². The van der Waals surface area contributed by atoms with Gasteiger partial charge in [0, 0.05) is 71.6 Å². The Balaban J connectivity index is 1.34. The summed E-state index contributed by atoms with van der Waals surface area (Å²) < 4.78 is 12.9. The summed E-state index contributed by atoms with van der Waals surface area (Å²) in [5.41, 5.74) is 20.6. The van der Waals surface area contributed by atoms with Crippen LogP contribution in [0.5, 0.6) is 0 Å². The van der Waals surface area contributed by atoms with E-state index in [1.54, 1.807) is 0 Å². The van der Waals surface area contributed by atoms with Crippen molar-refractivity contribution in [2.24, 2.45) is 0 Å². The minimum atomic E-state index is -0.179. The maximum atomic E-state index is 7.68. The second-order valence-electron chi connectivity index (χ2n) is 25.5. The zero-order valence-corrected chi connectivity index (χ0v) is 43.5. The van der Waals surface area contributed by atoms with Gasteiger partial charge in [0.05, 0.1) is 11.0 Å². The van der Waals surface area contributed by atoms with Gasteiger partial charge in [-0.3, -0.25) is 4.90 Å². The van der Waals surface area contributed by atoms with Crippen LogP contribution in [-0.2, 0) is 27.1 Å². The summed E-state index contributed by atoms with van der Waals surface area (Å²) in [5, 5.41) is 6.39. The van der Waals surface area contributed by atoms with Crippen LogP contribution in [-0.4, -0.2) is 15.9 Å². The van der Waals surface area contributed by atoms with Gasteiger partial charge in [0.1, 0.15) is 5.58 Å². The molecule has 69 heavy (non-hydrogen) atoms. The summed E-state index contributed by atoms with van der Waals surface area (Å²) in [6.45, 7) is 34.9. The molecule has 12 rings (SSSR count). The van der Waals surface area contributed by atoms with Crippen LogP contribution in [0.25, 0.3) is 71.4 Å². The highest BCUT2D eigenvalue weighted by molar-refractivity contribution is 6.91. The summed E-state index contributed by atoms with van der Waals surface area (Å²) in [6.07, 6.45) is 0. The van der Waals surface area contributed by atoms with E-state index in [1.807, 2.05) is 0 Å².